The zero-order chi connectivity index (χ0) is 7.28. The van der Waals surface area contributed by atoms with E-state index in [0.29, 0.717) is 0 Å². The summed E-state index contributed by atoms with van der Waals surface area (Å²) < 4.78 is 4.28. The molecule has 0 saturated heterocycles. The average molecular weight is 151 g/mol. The molecule has 1 amide bonds. The minimum absolute atomic E-state index is 0.0478. The zero-order valence-electron chi connectivity index (χ0n) is 4.70. The molecule has 54 valence electrons. The third-order valence-electron chi connectivity index (χ3n) is 0.733. The summed E-state index contributed by atoms with van der Waals surface area (Å²) in [5.74, 6) is 4.27. The van der Waals surface area contributed by atoms with Gasteiger partial charge in [0.15, 0.2) is 0 Å². The summed E-state index contributed by atoms with van der Waals surface area (Å²) >= 11 is 3.39. The Bertz CT molecular complexity index is 99.1. The van der Waals surface area contributed by atoms with E-state index in [-0.39, 0.29) is 6.61 Å². The van der Waals surface area contributed by atoms with Crippen LogP contribution >= 0.6 is 12.9 Å². The number of nitrogens with one attached hydrogen (secondary N) is 1. The van der Waals surface area contributed by atoms with Crippen molar-refractivity contribution >= 4 is 18.8 Å². The highest BCUT2D eigenvalue weighted by molar-refractivity contribution is 7.75. The second-order valence-corrected chi connectivity index (χ2v) is 1.67. The first-order valence-corrected chi connectivity index (χ1v) is 2.61. The smallest absolute Gasteiger partial charge is 0.253 e. The van der Waals surface area contributed by atoms with Crippen LogP contribution in [0.3, 0.4) is 0 Å². The highest BCUT2D eigenvalue weighted by Crippen LogP contribution is 1.82. The van der Waals surface area contributed by atoms with Crippen LogP contribution in [0.5, 0.6) is 0 Å². The summed E-state index contributed by atoms with van der Waals surface area (Å²) in [6, 6.07) is -0.743. The fourth-order valence-electron chi connectivity index (χ4n) is 0.263. The normalized spacial score (nSPS) is 12.8. The maximum absolute atomic E-state index is 10.4. The van der Waals surface area contributed by atoms with Gasteiger partial charge in [-0.3, -0.25) is 10.2 Å². The lowest BCUT2D eigenvalue weighted by molar-refractivity contribution is -0.122. The second kappa shape index (κ2) is 4.57. The highest BCUT2D eigenvalue weighted by atomic mass is 32.1. The van der Waals surface area contributed by atoms with Gasteiger partial charge in [-0.25, -0.2) is 5.84 Å². The van der Waals surface area contributed by atoms with E-state index in [4.69, 9.17) is 11.6 Å². The molecule has 0 aromatic rings. The first kappa shape index (κ1) is 8.70. The molecular weight excluding hydrogens is 142 g/mol. The third-order valence-corrected chi connectivity index (χ3v) is 0.882. The fraction of sp³-hybridized carbons (Fsp3) is 0.667. The van der Waals surface area contributed by atoms with E-state index in [1.54, 1.807) is 0 Å². The zero-order valence-corrected chi connectivity index (χ0v) is 5.60. The van der Waals surface area contributed by atoms with Gasteiger partial charge >= 0.3 is 0 Å². The van der Waals surface area contributed by atoms with Gasteiger partial charge in [-0.05, 0) is 12.9 Å². The molecule has 0 saturated carbocycles. The molecule has 5 N–H and O–H groups in total. The van der Waals surface area contributed by atoms with Gasteiger partial charge in [-0.1, -0.05) is 0 Å². The number of carbonyl (C=O) groups is 1. The van der Waals surface area contributed by atoms with Crippen molar-refractivity contribution in [1.29, 1.82) is 0 Å². The number of carbonyl (C=O) groups excluding carboxylic acids is 1. The maximum Gasteiger partial charge on any atom is 0.253 e. The van der Waals surface area contributed by atoms with Gasteiger partial charge in [0.2, 0.25) is 0 Å². The largest absolute Gasteiger partial charge is 0.318 e. The molecule has 0 aliphatic carbocycles. The molecule has 0 heterocycles. The first-order chi connectivity index (χ1) is 4.22. The lowest BCUT2D eigenvalue weighted by Gasteiger charge is -2.05. The van der Waals surface area contributed by atoms with Crippen LogP contribution in [0.2, 0.25) is 0 Å². The van der Waals surface area contributed by atoms with Crippen LogP contribution in [0.15, 0.2) is 0 Å². The van der Waals surface area contributed by atoms with E-state index in [9.17, 15) is 4.79 Å². The first-order valence-electron chi connectivity index (χ1n) is 2.24. The van der Waals surface area contributed by atoms with E-state index in [2.05, 4.69) is 17.1 Å². The van der Waals surface area contributed by atoms with Gasteiger partial charge in [0.1, 0.15) is 6.04 Å². The Morgan fingerprint density at radius 1 is 1.89 bits per heavy atom. The molecule has 0 aromatic heterocycles. The summed E-state index contributed by atoms with van der Waals surface area (Å²) in [5.41, 5.74) is 7.04. The monoisotopic (exact) mass is 151 g/mol. The summed E-state index contributed by atoms with van der Waals surface area (Å²) in [5, 5.41) is 0. The number of nitrogens with two attached hydrogens (primary N) is 2. The fourth-order valence-corrected chi connectivity index (χ4v) is 0.424. The minimum Gasteiger partial charge on any atom is -0.318 e. The van der Waals surface area contributed by atoms with E-state index >= 15 is 0 Å². The predicted octanol–water partition coefficient (Wildman–Crippen LogP) is -1.83. The Labute approximate surface area is 58.3 Å². The molecule has 5 nitrogen and oxygen atoms in total. The number of amides is 1. The van der Waals surface area contributed by atoms with Gasteiger partial charge in [0.25, 0.3) is 5.91 Å². The molecule has 0 bridgehead atoms. The van der Waals surface area contributed by atoms with Crippen molar-refractivity contribution in [2.24, 2.45) is 11.6 Å². The summed E-state index contributed by atoms with van der Waals surface area (Å²) in [6.07, 6.45) is 0. The van der Waals surface area contributed by atoms with Gasteiger partial charge in [-0.2, -0.15) is 0 Å². The third kappa shape index (κ3) is 3.31. The molecule has 0 radical (unpaired) electrons. The Morgan fingerprint density at radius 3 is 2.78 bits per heavy atom. The molecule has 0 spiro atoms. The topological polar surface area (TPSA) is 90.4 Å². The van der Waals surface area contributed by atoms with Crippen LogP contribution in [0.4, 0.5) is 0 Å². The van der Waals surface area contributed by atoms with Crippen molar-refractivity contribution in [2.75, 3.05) is 6.61 Å². The Balaban J connectivity index is 3.45. The van der Waals surface area contributed by atoms with Gasteiger partial charge in [0, 0.05) is 0 Å². The van der Waals surface area contributed by atoms with Gasteiger partial charge < -0.3 is 9.92 Å². The SMILES string of the molecule is NNC(=O)C(N)COS. The van der Waals surface area contributed by atoms with Crippen molar-refractivity contribution in [2.45, 2.75) is 6.04 Å². The Hall–Kier alpha value is -0.300. The molecule has 9 heavy (non-hydrogen) atoms. The second-order valence-electron chi connectivity index (χ2n) is 1.41. The summed E-state index contributed by atoms with van der Waals surface area (Å²) in [4.78, 5) is 10.4. The van der Waals surface area contributed by atoms with E-state index < -0.39 is 11.9 Å². The van der Waals surface area contributed by atoms with Crippen molar-refractivity contribution in [1.82, 2.24) is 5.43 Å². The molecule has 1 atom stereocenters. The Kier molecular flexibility index (Phi) is 4.41. The molecule has 0 aliphatic rings. The minimum atomic E-state index is -0.743. The average Bonchev–Trinajstić information content (AvgIpc) is 1.87. The highest BCUT2D eigenvalue weighted by Gasteiger charge is 2.10. The number of hydrogen-bond donors (Lipinski definition) is 4. The number of hydrazine groups is 1. The summed E-state index contributed by atoms with van der Waals surface area (Å²) in [7, 11) is 0. The van der Waals surface area contributed by atoms with Crippen LogP contribution < -0.4 is 17.0 Å². The molecule has 0 aliphatic heterocycles. The molecule has 0 aromatic carbocycles. The molecule has 6 heteroatoms. The van der Waals surface area contributed by atoms with Gasteiger partial charge in [-0.15, -0.1) is 0 Å². The van der Waals surface area contributed by atoms with Crippen molar-refractivity contribution < 1.29 is 8.98 Å². The molecular formula is C3H9N3O2S. The van der Waals surface area contributed by atoms with Crippen molar-refractivity contribution in [3.05, 3.63) is 0 Å². The van der Waals surface area contributed by atoms with Crippen LogP contribution in [-0.4, -0.2) is 18.6 Å². The molecule has 0 rings (SSSR count). The lowest BCUT2D eigenvalue weighted by Crippen LogP contribution is -2.46. The van der Waals surface area contributed by atoms with Crippen LogP contribution in [0, 0.1) is 0 Å². The van der Waals surface area contributed by atoms with Crippen molar-refractivity contribution in [3.63, 3.8) is 0 Å². The Morgan fingerprint density at radius 2 is 2.44 bits per heavy atom. The van der Waals surface area contributed by atoms with E-state index in [1.165, 1.54) is 0 Å². The van der Waals surface area contributed by atoms with Crippen molar-refractivity contribution in [3.8, 4) is 0 Å². The standard InChI is InChI=1S/C3H9N3O2S/c4-2(1-8-9)3(7)6-5/h2,9H,1,4-5H2,(H,6,7). The van der Waals surface area contributed by atoms with Gasteiger partial charge in [0.05, 0.1) is 6.61 Å². The van der Waals surface area contributed by atoms with E-state index in [0.717, 1.165) is 0 Å². The summed E-state index contributed by atoms with van der Waals surface area (Å²) in [6.45, 7) is 0.0478. The quantitative estimate of drug-likeness (QED) is 0.125. The van der Waals surface area contributed by atoms with Crippen LogP contribution in [0.1, 0.15) is 0 Å². The van der Waals surface area contributed by atoms with Crippen LogP contribution in [0.25, 0.3) is 0 Å². The molecule has 0 fully saturated rings. The molecule has 1 unspecified atom stereocenters. The van der Waals surface area contributed by atoms with E-state index in [1.807, 2.05) is 5.43 Å². The number of hydrogen-bond acceptors (Lipinski definition) is 5. The lowest BCUT2D eigenvalue weighted by atomic mass is 10.3. The number of thiol groups is 1. The maximum atomic E-state index is 10.4. The number of rotatable bonds is 3. The van der Waals surface area contributed by atoms with Crippen LogP contribution in [-0.2, 0) is 8.98 Å². The predicted molar refractivity (Wildman–Crippen MR) is 35.2 cm³/mol.